The Morgan fingerprint density at radius 3 is 2.43 bits per heavy atom. The summed E-state index contributed by atoms with van der Waals surface area (Å²) in [4.78, 5) is 4.45. The fourth-order valence-electron chi connectivity index (χ4n) is 2.43. The molecule has 0 aliphatic rings. The zero-order chi connectivity index (χ0) is 15.5. The number of rotatable bonds is 5. The van der Waals surface area contributed by atoms with Crippen molar-refractivity contribution in [2.45, 2.75) is 53.0 Å². The molecule has 0 aliphatic heterocycles. The van der Waals surface area contributed by atoms with E-state index in [1.807, 2.05) is 12.1 Å². The standard InChI is InChI=1S/C17H25N3O/c1-5-12-6-8-13(9-7-12)16-19-15(21-20-16)10-14(18)11-17(2,3)4/h6-9,14H,5,10-11,18H2,1-4H3. The summed E-state index contributed by atoms with van der Waals surface area (Å²) in [5.41, 5.74) is 8.64. The Balaban J connectivity index is 2.03. The Morgan fingerprint density at radius 1 is 1.19 bits per heavy atom. The molecule has 1 unspecified atom stereocenters. The summed E-state index contributed by atoms with van der Waals surface area (Å²) in [5.74, 6) is 1.25. The first-order valence-corrected chi connectivity index (χ1v) is 7.55. The fourth-order valence-corrected chi connectivity index (χ4v) is 2.43. The van der Waals surface area contributed by atoms with E-state index in [1.54, 1.807) is 0 Å². The van der Waals surface area contributed by atoms with Crippen molar-refractivity contribution in [2.75, 3.05) is 0 Å². The van der Waals surface area contributed by atoms with Gasteiger partial charge in [0.25, 0.3) is 0 Å². The predicted molar refractivity (Wildman–Crippen MR) is 84.9 cm³/mol. The van der Waals surface area contributed by atoms with Crippen molar-refractivity contribution in [3.05, 3.63) is 35.7 Å². The molecule has 0 aliphatic carbocycles. The zero-order valence-electron chi connectivity index (χ0n) is 13.4. The van der Waals surface area contributed by atoms with Gasteiger partial charge in [0.15, 0.2) is 0 Å². The van der Waals surface area contributed by atoms with Crippen LogP contribution in [0.5, 0.6) is 0 Å². The number of benzene rings is 1. The van der Waals surface area contributed by atoms with Gasteiger partial charge >= 0.3 is 0 Å². The highest BCUT2D eigenvalue weighted by Gasteiger charge is 2.18. The van der Waals surface area contributed by atoms with Crippen LogP contribution in [-0.2, 0) is 12.8 Å². The minimum atomic E-state index is 0.0424. The quantitative estimate of drug-likeness (QED) is 0.912. The lowest BCUT2D eigenvalue weighted by Gasteiger charge is -2.21. The van der Waals surface area contributed by atoms with E-state index >= 15 is 0 Å². The molecule has 2 N–H and O–H groups in total. The van der Waals surface area contributed by atoms with Crippen LogP contribution >= 0.6 is 0 Å². The second-order valence-electron chi connectivity index (χ2n) is 6.79. The van der Waals surface area contributed by atoms with Gasteiger partial charge < -0.3 is 10.3 Å². The molecule has 4 nitrogen and oxygen atoms in total. The molecule has 2 rings (SSSR count). The van der Waals surface area contributed by atoms with E-state index < -0.39 is 0 Å². The smallest absolute Gasteiger partial charge is 0.228 e. The van der Waals surface area contributed by atoms with Gasteiger partial charge in [-0.25, -0.2) is 0 Å². The molecule has 0 radical (unpaired) electrons. The summed E-state index contributed by atoms with van der Waals surface area (Å²) in [6.07, 6.45) is 2.58. The monoisotopic (exact) mass is 287 g/mol. The van der Waals surface area contributed by atoms with Gasteiger partial charge in [0.1, 0.15) is 0 Å². The van der Waals surface area contributed by atoms with E-state index in [4.69, 9.17) is 10.3 Å². The van der Waals surface area contributed by atoms with Crippen LogP contribution in [0.25, 0.3) is 11.4 Å². The van der Waals surface area contributed by atoms with Gasteiger partial charge in [0.05, 0.1) is 0 Å². The van der Waals surface area contributed by atoms with Crippen LogP contribution in [0.4, 0.5) is 0 Å². The van der Waals surface area contributed by atoms with E-state index in [0.29, 0.717) is 18.1 Å². The van der Waals surface area contributed by atoms with Crippen LogP contribution in [-0.4, -0.2) is 16.2 Å². The van der Waals surface area contributed by atoms with Crippen molar-refractivity contribution in [1.29, 1.82) is 0 Å². The predicted octanol–water partition coefficient (Wildman–Crippen LogP) is 3.61. The number of aromatic nitrogens is 2. The van der Waals surface area contributed by atoms with Crippen molar-refractivity contribution in [3.63, 3.8) is 0 Å². The highest BCUT2D eigenvalue weighted by atomic mass is 16.5. The molecule has 0 fully saturated rings. The summed E-state index contributed by atoms with van der Waals surface area (Å²) >= 11 is 0. The fraction of sp³-hybridized carbons (Fsp3) is 0.529. The molecule has 0 spiro atoms. The highest BCUT2D eigenvalue weighted by Crippen LogP contribution is 2.22. The molecule has 114 valence electrons. The first-order chi connectivity index (χ1) is 9.87. The molecular weight excluding hydrogens is 262 g/mol. The lowest BCUT2D eigenvalue weighted by atomic mass is 9.87. The van der Waals surface area contributed by atoms with Crippen LogP contribution in [0.15, 0.2) is 28.8 Å². The first kappa shape index (κ1) is 15.7. The zero-order valence-corrected chi connectivity index (χ0v) is 13.4. The number of nitrogens with two attached hydrogens (primary N) is 1. The van der Waals surface area contributed by atoms with E-state index in [2.05, 4.69) is 50.0 Å². The van der Waals surface area contributed by atoms with Crippen molar-refractivity contribution in [1.82, 2.24) is 10.1 Å². The lowest BCUT2D eigenvalue weighted by molar-refractivity contribution is 0.313. The van der Waals surface area contributed by atoms with E-state index in [0.717, 1.165) is 18.4 Å². The second kappa shape index (κ2) is 6.39. The Bertz CT molecular complexity index is 566. The summed E-state index contributed by atoms with van der Waals surface area (Å²) in [6.45, 7) is 8.68. The summed E-state index contributed by atoms with van der Waals surface area (Å²) in [5, 5.41) is 4.05. The maximum Gasteiger partial charge on any atom is 0.228 e. The third-order valence-corrected chi connectivity index (χ3v) is 3.40. The number of aryl methyl sites for hydroxylation is 1. The minimum Gasteiger partial charge on any atom is -0.339 e. The third-order valence-electron chi connectivity index (χ3n) is 3.40. The molecule has 1 atom stereocenters. The largest absolute Gasteiger partial charge is 0.339 e. The minimum absolute atomic E-state index is 0.0424. The van der Waals surface area contributed by atoms with Crippen LogP contribution in [0, 0.1) is 5.41 Å². The summed E-state index contributed by atoms with van der Waals surface area (Å²) < 4.78 is 5.32. The molecule has 2 aromatic rings. The number of hydrogen-bond acceptors (Lipinski definition) is 4. The van der Waals surface area contributed by atoms with Crippen molar-refractivity contribution in [2.24, 2.45) is 11.1 Å². The lowest BCUT2D eigenvalue weighted by Crippen LogP contribution is -2.28. The van der Waals surface area contributed by atoms with Gasteiger partial charge in [0.2, 0.25) is 11.7 Å². The van der Waals surface area contributed by atoms with Crippen LogP contribution in [0.2, 0.25) is 0 Å². The van der Waals surface area contributed by atoms with E-state index in [-0.39, 0.29) is 11.5 Å². The normalized spacial score (nSPS) is 13.4. The van der Waals surface area contributed by atoms with E-state index in [9.17, 15) is 0 Å². The van der Waals surface area contributed by atoms with Gasteiger partial charge in [0, 0.05) is 18.0 Å². The molecule has 1 heterocycles. The average molecular weight is 287 g/mol. The Kier molecular flexibility index (Phi) is 4.78. The molecule has 0 amide bonds. The maximum absolute atomic E-state index is 6.15. The molecule has 4 heteroatoms. The van der Waals surface area contributed by atoms with Gasteiger partial charge in [-0.1, -0.05) is 57.1 Å². The SMILES string of the molecule is CCc1ccc(-c2noc(CC(N)CC(C)(C)C)n2)cc1. The van der Waals surface area contributed by atoms with Crippen LogP contribution < -0.4 is 5.73 Å². The molecular formula is C17H25N3O. The van der Waals surface area contributed by atoms with Crippen LogP contribution in [0.1, 0.15) is 45.6 Å². The maximum atomic E-state index is 6.15. The Labute approximate surface area is 126 Å². The topological polar surface area (TPSA) is 64.9 Å². The molecule has 0 bridgehead atoms. The summed E-state index contributed by atoms with van der Waals surface area (Å²) in [7, 11) is 0. The first-order valence-electron chi connectivity index (χ1n) is 7.55. The average Bonchev–Trinajstić information content (AvgIpc) is 2.85. The second-order valence-corrected chi connectivity index (χ2v) is 6.79. The van der Waals surface area contributed by atoms with E-state index in [1.165, 1.54) is 5.56 Å². The van der Waals surface area contributed by atoms with Gasteiger partial charge in [-0.15, -0.1) is 0 Å². The van der Waals surface area contributed by atoms with Crippen molar-refractivity contribution in [3.8, 4) is 11.4 Å². The highest BCUT2D eigenvalue weighted by molar-refractivity contribution is 5.54. The van der Waals surface area contributed by atoms with Crippen molar-refractivity contribution < 1.29 is 4.52 Å². The molecule has 21 heavy (non-hydrogen) atoms. The third kappa shape index (κ3) is 4.67. The molecule has 1 aromatic carbocycles. The Hall–Kier alpha value is -1.68. The van der Waals surface area contributed by atoms with Crippen molar-refractivity contribution >= 4 is 0 Å². The summed E-state index contributed by atoms with van der Waals surface area (Å²) in [6, 6.07) is 8.29. The number of nitrogens with zero attached hydrogens (tertiary/aromatic N) is 2. The van der Waals surface area contributed by atoms with Gasteiger partial charge in [-0.2, -0.15) is 4.98 Å². The molecule has 0 saturated heterocycles. The van der Waals surface area contributed by atoms with Gasteiger partial charge in [-0.05, 0) is 23.8 Å². The van der Waals surface area contributed by atoms with Crippen LogP contribution in [0.3, 0.4) is 0 Å². The van der Waals surface area contributed by atoms with Gasteiger partial charge in [-0.3, -0.25) is 0 Å². The molecule has 1 aromatic heterocycles. The Morgan fingerprint density at radius 2 is 1.86 bits per heavy atom. The molecule has 0 saturated carbocycles. The number of hydrogen-bond donors (Lipinski definition) is 1.